The van der Waals surface area contributed by atoms with Gasteiger partial charge in [0.15, 0.2) is 0 Å². The molecule has 0 aromatic rings. The van der Waals surface area contributed by atoms with E-state index in [9.17, 15) is 9.59 Å². The van der Waals surface area contributed by atoms with Crippen molar-refractivity contribution >= 4 is 11.8 Å². The minimum Gasteiger partial charge on any atom is -0.381 e. The number of rotatable bonds is 7. The average Bonchev–Trinajstić information content (AvgIpc) is 3.27. The standard InChI is InChI=1S/C25H46N6O3/c1-16-13-18(7-10-20(16)25(33)28-15-22(32)30(2)3)29-23-24-27-14-21(31(24)12-11-26-23)17-5-8-19(34-4)9-6-17/h16-21,23-24,26-27,29H,5-15H2,1-4H3,(H,28,33). The van der Waals surface area contributed by atoms with E-state index in [1.807, 2.05) is 7.11 Å². The van der Waals surface area contributed by atoms with Crippen LogP contribution >= 0.6 is 0 Å². The maximum Gasteiger partial charge on any atom is 0.241 e. The second-order valence-corrected chi connectivity index (χ2v) is 11.1. The van der Waals surface area contributed by atoms with Gasteiger partial charge in [-0.15, -0.1) is 0 Å². The smallest absolute Gasteiger partial charge is 0.241 e. The van der Waals surface area contributed by atoms with Gasteiger partial charge in [-0.25, -0.2) is 0 Å². The van der Waals surface area contributed by atoms with E-state index < -0.39 is 0 Å². The highest BCUT2D eigenvalue weighted by molar-refractivity contribution is 5.85. The lowest BCUT2D eigenvalue weighted by Crippen LogP contribution is -2.67. The van der Waals surface area contributed by atoms with Crippen molar-refractivity contribution in [2.75, 3.05) is 47.4 Å². The van der Waals surface area contributed by atoms with Crippen LogP contribution in [0.3, 0.4) is 0 Å². The van der Waals surface area contributed by atoms with Crippen molar-refractivity contribution < 1.29 is 14.3 Å². The van der Waals surface area contributed by atoms with Crippen molar-refractivity contribution in [3.05, 3.63) is 0 Å². The molecular formula is C25H46N6O3. The Balaban J connectivity index is 1.25. The molecule has 194 valence electrons. The molecule has 4 aliphatic rings. The number of ether oxygens (including phenoxy) is 1. The molecule has 4 N–H and O–H groups in total. The molecule has 6 atom stereocenters. The fourth-order valence-corrected chi connectivity index (χ4v) is 6.70. The van der Waals surface area contributed by atoms with E-state index in [1.165, 1.54) is 30.6 Å². The minimum atomic E-state index is -0.0709. The number of amides is 2. The van der Waals surface area contributed by atoms with E-state index in [4.69, 9.17) is 4.74 Å². The monoisotopic (exact) mass is 478 g/mol. The molecule has 0 aromatic carbocycles. The largest absolute Gasteiger partial charge is 0.381 e. The van der Waals surface area contributed by atoms with Gasteiger partial charge in [0.05, 0.1) is 25.0 Å². The molecular weight excluding hydrogens is 432 g/mol. The third-order valence-corrected chi connectivity index (χ3v) is 8.80. The molecule has 2 saturated heterocycles. The number of nitrogens with zero attached hydrogens (tertiary/aromatic N) is 2. The summed E-state index contributed by atoms with van der Waals surface area (Å²) >= 11 is 0. The number of carbonyl (C=O) groups is 2. The van der Waals surface area contributed by atoms with Crippen molar-refractivity contribution in [1.82, 2.24) is 31.1 Å². The number of hydrogen-bond donors (Lipinski definition) is 4. The first-order valence-electron chi connectivity index (χ1n) is 13.4. The number of likely N-dealkylation sites (N-methyl/N-ethyl adjacent to an activating group) is 1. The molecule has 4 rings (SSSR count). The Kier molecular flexibility index (Phi) is 8.85. The molecule has 2 aliphatic carbocycles. The van der Waals surface area contributed by atoms with Crippen molar-refractivity contribution in [2.45, 2.75) is 82.4 Å². The zero-order chi connectivity index (χ0) is 24.2. The summed E-state index contributed by atoms with van der Waals surface area (Å²) in [6, 6.07) is 1.02. The van der Waals surface area contributed by atoms with E-state index >= 15 is 0 Å². The Hall–Kier alpha value is -1.26. The highest BCUT2D eigenvalue weighted by atomic mass is 16.5. The summed E-state index contributed by atoms with van der Waals surface area (Å²) < 4.78 is 5.58. The highest BCUT2D eigenvalue weighted by Gasteiger charge is 2.44. The van der Waals surface area contributed by atoms with Crippen LogP contribution in [0, 0.1) is 17.8 Å². The number of hydrogen-bond acceptors (Lipinski definition) is 7. The SMILES string of the molecule is COC1CCC(C2CNC3C(NC4CCC(C(=O)NCC(=O)N(C)C)C(C)C4)NCCN23)CC1. The fourth-order valence-electron chi connectivity index (χ4n) is 6.70. The van der Waals surface area contributed by atoms with Gasteiger partial charge in [0.2, 0.25) is 11.8 Å². The third-order valence-electron chi connectivity index (χ3n) is 8.80. The molecule has 9 heteroatoms. The lowest BCUT2D eigenvalue weighted by molar-refractivity contribution is -0.133. The summed E-state index contributed by atoms with van der Waals surface area (Å²) in [4.78, 5) is 28.7. The Morgan fingerprint density at radius 3 is 2.53 bits per heavy atom. The Labute approximate surface area is 205 Å². The van der Waals surface area contributed by atoms with E-state index in [-0.39, 0.29) is 30.4 Å². The molecule has 9 nitrogen and oxygen atoms in total. The number of methoxy groups -OCH3 is 1. The zero-order valence-electron chi connectivity index (χ0n) is 21.5. The summed E-state index contributed by atoms with van der Waals surface area (Å²) in [6.07, 6.45) is 8.75. The molecule has 2 saturated carbocycles. The van der Waals surface area contributed by atoms with Crippen LogP contribution in [-0.2, 0) is 14.3 Å². The molecule has 2 aliphatic heterocycles. The maximum atomic E-state index is 12.7. The lowest BCUT2D eigenvalue weighted by Gasteiger charge is -2.45. The maximum absolute atomic E-state index is 12.7. The van der Waals surface area contributed by atoms with Crippen molar-refractivity contribution in [3.8, 4) is 0 Å². The van der Waals surface area contributed by atoms with Gasteiger partial charge in [0.25, 0.3) is 0 Å². The van der Waals surface area contributed by atoms with Crippen LogP contribution in [0.2, 0.25) is 0 Å². The van der Waals surface area contributed by atoms with E-state index in [1.54, 1.807) is 14.1 Å². The summed E-state index contributed by atoms with van der Waals surface area (Å²) in [5, 5.41) is 14.3. The molecule has 0 radical (unpaired) electrons. The van der Waals surface area contributed by atoms with Crippen LogP contribution in [0.15, 0.2) is 0 Å². The first kappa shape index (κ1) is 25.8. The fraction of sp³-hybridized carbons (Fsp3) is 0.920. The number of carbonyl (C=O) groups excluding carboxylic acids is 2. The third kappa shape index (κ3) is 5.93. The highest BCUT2D eigenvalue weighted by Crippen LogP contribution is 2.34. The molecule has 0 aromatic heterocycles. The van der Waals surface area contributed by atoms with Crippen LogP contribution in [0.1, 0.15) is 51.9 Å². The van der Waals surface area contributed by atoms with Crippen LogP contribution < -0.4 is 21.3 Å². The quantitative estimate of drug-likeness (QED) is 0.418. The Morgan fingerprint density at radius 1 is 1.09 bits per heavy atom. The summed E-state index contributed by atoms with van der Waals surface area (Å²) in [6.45, 7) is 5.43. The lowest BCUT2D eigenvalue weighted by atomic mass is 9.77. The van der Waals surface area contributed by atoms with Gasteiger partial charge in [0, 0.05) is 58.8 Å². The zero-order valence-corrected chi connectivity index (χ0v) is 21.5. The van der Waals surface area contributed by atoms with Gasteiger partial charge in [-0.05, 0) is 56.8 Å². The Morgan fingerprint density at radius 2 is 1.85 bits per heavy atom. The Bertz CT molecular complexity index is 698. The second kappa shape index (κ2) is 11.6. The summed E-state index contributed by atoms with van der Waals surface area (Å²) in [7, 11) is 5.26. The first-order valence-corrected chi connectivity index (χ1v) is 13.4. The van der Waals surface area contributed by atoms with E-state index in [2.05, 4.69) is 33.1 Å². The van der Waals surface area contributed by atoms with Crippen molar-refractivity contribution in [3.63, 3.8) is 0 Å². The van der Waals surface area contributed by atoms with Gasteiger partial charge in [-0.2, -0.15) is 0 Å². The summed E-state index contributed by atoms with van der Waals surface area (Å²) in [5.41, 5.74) is 0. The molecule has 2 amide bonds. The van der Waals surface area contributed by atoms with Crippen LogP contribution in [0.25, 0.3) is 0 Å². The van der Waals surface area contributed by atoms with Gasteiger partial charge in [0.1, 0.15) is 0 Å². The molecule has 2 heterocycles. The molecule has 4 fully saturated rings. The molecule has 6 unspecified atom stereocenters. The van der Waals surface area contributed by atoms with Crippen molar-refractivity contribution in [1.29, 1.82) is 0 Å². The predicted octanol–water partition coefficient (Wildman–Crippen LogP) is 0.320. The first-order chi connectivity index (χ1) is 16.4. The molecule has 34 heavy (non-hydrogen) atoms. The van der Waals surface area contributed by atoms with Crippen LogP contribution in [0.5, 0.6) is 0 Å². The normalized spacial score (nSPS) is 38.8. The number of fused-ring (bicyclic) bond motifs is 1. The van der Waals surface area contributed by atoms with Gasteiger partial charge < -0.3 is 15.0 Å². The van der Waals surface area contributed by atoms with E-state index in [0.717, 1.165) is 44.8 Å². The number of piperazine rings is 1. The molecule has 0 bridgehead atoms. The predicted molar refractivity (Wildman–Crippen MR) is 132 cm³/mol. The topological polar surface area (TPSA) is 98.0 Å². The summed E-state index contributed by atoms with van der Waals surface area (Å²) in [5.74, 6) is 0.988. The molecule has 0 spiro atoms. The number of nitrogens with one attached hydrogen (secondary N) is 4. The average molecular weight is 479 g/mol. The van der Waals surface area contributed by atoms with Gasteiger partial charge in [-0.1, -0.05) is 6.92 Å². The van der Waals surface area contributed by atoms with Gasteiger partial charge in [-0.3, -0.25) is 30.4 Å². The minimum absolute atomic E-state index is 0.0139. The van der Waals surface area contributed by atoms with Crippen LogP contribution in [0.4, 0.5) is 0 Å². The van der Waals surface area contributed by atoms with Crippen molar-refractivity contribution in [2.24, 2.45) is 17.8 Å². The van der Waals surface area contributed by atoms with Crippen LogP contribution in [-0.4, -0.2) is 99.5 Å². The van der Waals surface area contributed by atoms with Gasteiger partial charge >= 0.3 is 0 Å². The van der Waals surface area contributed by atoms with E-state index in [0.29, 0.717) is 30.3 Å². The second-order valence-electron chi connectivity index (χ2n) is 11.1.